The van der Waals surface area contributed by atoms with Crippen molar-refractivity contribution >= 4 is 6.09 Å². The van der Waals surface area contributed by atoms with Gasteiger partial charge in [-0.3, -0.25) is 9.67 Å². The van der Waals surface area contributed by atoms with Gasteiger partial charge in [-0.15, -0.1) is 0 Å². The quantitative estimate of drug-likeness (QED) is 0.567. The standard InChI is InChI=1S/C24H36N4O3/c1-6-14-24(2,3)27(4)23(29)30-17-22-20(16-26-28(22)5)21-13-12-19(15-25-21)31-18-10-8-7-9-11-18/h12-13,15-16,18H,6-11,14,17H2,1-5H3. The second kappa shape index (κ2) is 10.2. The minimum Gasteiger partial charge on any atom is -0.489 e. The molecule has 0 aromatic carbocycles. The van der Waals surface area contributed by atoms with E-state index in [4.69, 9.17) is 9.47 Å². The van der Waals surface area contributed by atoms with Crippen LogP contribution in [-0.2, 0) is 18.4 Å². The summed E-state index contributed by atoms with van der Waals surface area (Å²) < 4.78 is 13.4. The van der Waals surface area contributed by atoms with Crippen LogP contribution in [0.3, 0.4) is 0 Å². The van der Waals surface area contributed by atoms with Crippen molar-refractivity contribution in [2.24, 2.45) is 7.05 Å². The zero-order valence-electron chi connectivity index (χ0n) is 19.6. The van der Waals surface area contributed by atoms with Crippen molar-refractivity contribution in [3.8, 4) is 17.0 Å². The molecule has 170 valence electrons. The van der Waals surface area contributed by atoms with E-state index < -0.39 is 0 Å². The molecule has 1 aliphatic carbocycles. The molecule has 1 saturated carbocycles. The Hall–Kier alpha value is -2.57. The first-order valence-corrected chi connectivity index (χ1v) is 11.4. The van der Waals surface area contributed by atoms with Gasteiger partial charge >= 0.3 is 6.09 Å². The lowest BCUT2D eigenvalue weighted by Crippen LogP contribution is -2.45. The number of hydrogen-bond acceptors (Lipinski definition) is 5. The minimum atomic E-state index is -0.338. The number of amides is 1. The molecule has 2 heterocycles. The van der Waals surface area contributed by atoms with Crippen LogP contribution in [0.5, 0.6) is 5.75 Å². The Morgan fingerprint density at radius 3 is 2.61 bits per heavy atom. The fraction of sp³-hybridized carbons (Fsp3) is 0.625. The van der Waals surface area contributed by atoms with Gasteiger partial charge in [-0.25, -0.2) is 4.79 Å². The Labute approximate surface area is 185 Å². The van der Waals surface area contributed by atoms with Crippen molar-refractivity contribution in [2.45, 2.75) is 84.0 Å². The van der Waals surface area contributed by atoms with E-state index in [9.17, 15) is 4.79 Å². The van der Waals surface area contributed by atoms with Gasteiger partial charge in [-0.05, 0) is 58.1 Å². The Bertz CT molecular complexity index is 854. The summed E-state index contributed by atoms with van der Waals surface area (Å²) in [5, 5.41) is 4.35. The van der Waals surface area contributed by atoms with Crippen LogP contribution < -0.4 is 4.74 Å². The van der Waals surface area contributed by atoms with E-state index in [1.165, 1.54) is 19.3 Å². The highest BCUT2D eigenvalue weighted by Gasteiger charge is 2.28. The highest BCUT2D eigenvalue weighted by molar-refractivity contribution is 5.69. The molecular formula is C24H36N4O3. The van der Waals surface area contributed by atoms with Crippen LogP contribution in [0.1, 0.15) is 71.4 Å². The van der Waals surface area contributed by atoms with E-state index in [0.717, 1.165) is 48.4 Å². The van der Waals surface area contributed by atoms with Crippen molar-refractivity contribution in [3.63, 3.8) is 0 Å². The topological polar surface area (TPSA) is 69.5 Å². The van der Waals surface area contributed by atoms with Crippen LogP contribution >= 0.6 is 0 Å². The number of carbonyl (C=O) groups is 1. The van der Waals surface area contributed by atoms with E-state index in [1.807, 2.05) is 33.0 Å². The molecular weight excluding hydrogens is 392 g/mol. The molecule has 31 heavy (non-hydrogen) atoms. The summed E-state index contributed by atoms with van der Waals surface area (Å²) in [6, 6.07) is 3.90. The van der Waals surface area contributed by atoms with E-state index >= 15 is 0 Å². The van der Waals surface area contributed by atoms with Crippen molar-refractivity contribution in [3.05, 3.63) is 30.2 Å². The lowest BCUT2D eigenvalue weighted by molar-refractivity contribution is 0.0661. The van der Waals surface area contributed by atoms with Gasteiger partial charge in [0.1, 0.15) is 12.4 Å². The van der Waals surface area contributed by atoms with Crippen molar-refractivity contribution in [2.75, 3.05) is 7.05 Å². The zero-order chi connectivity index (χ0) is 22.4. The van der Waals surface area contributed by atoms with Crippen molar-refractivity contribution in [1.29, 1.82) is 0 Å². The first kappa shape index (κ1) is 23.1. The largest absolute Gasteiger partial charge is 0.489 e. The van der Waals surface area contributed by atoms with Gasteiger partial charge in [-0.2, -0.15) is 5.10 Å². The zero-order valence-corrected chi connectivity index (χ0v) is 19.6. The fourth-order valence-electron chi connectivity index (χ4n) is 4.09. The molecule has 0 N–H and O–H groups in total. The summed E-state index contributed by atoms with van der Waals surface area (Å²) >= 11 is 0. The number of nitrogens with zero attached hydrogens (tertiary/aromatic N) is 4. The normalized spacial score (nSPS) is 15.0. The second-order valence-corrected chi connectivity index (χ2v) is 9.06. The highest BCUT2D eigenvalue weighted by atomic mass is 16.6. The predicted octanol–water partition coefficient (Wildman–Crippen LogP) is 5.34. The summed E-state index contributed by atoms with van der Waals surface area (Å²) in [7, 11) is 3.63. The van der Waals surface area contributed by atoms with Crippen LogP contribution in [0.25, 0.3) is 11.3 Å². The highest BCUT2D eigenvalue weighted by Crippen LogP contribution is 2.27. The minimum absolute atomic E-state index is 0.138. The van der Waals surface area contributed by atoms with Crippen molar-refractivity contribution in [1.82, 2.24) is 19.7 Å². The summed E-state index contributed by atoms with van der Waals surface area (Å²) in [5.41, 5.74) is 2.20. The summed E-state index contributed by atoms with van der Waals surface area (Å²) in [5.74, 6) is 0.798. The van der Waals surface area contributed by atoms with Gasteiger partial charge in [0.15, 0.2) is 0 Å². The monoisotopic (exact) mass is 428 g/mol. The van der Waals surface area contributed by atoms with Crippen LogP contribution in [0, 0.1) is 0 Å². The molecule has 3 rings (SSSR count). The molecule has 0 aliphatic heterocycles. The van der Waals surface area contributed by atoms with Crippen LogP contribution in [0.15, 0.2) is 24.5 Å². The molecule has 1 amide bonds. The smallest absolute Gasteiger partial charge is 0.410 e. The molecule has 0 atom stereocenters. The lowest BCUT2D eigenvalue weighted by atomic mass is 9.98. The summed E-state index contributed by atoms with van der Waals surface area (Å²) in [6.45, 7) is 6.35. The molecule has 0 saturated heterocycles. The molecule has 0 radical (unpaired) electrons. The number of ether oxygens (including phenoxy) is 2. The van der Waals surface area contributed by atoms with Gasteiger partial charge in [0.25, 0.3) is 0 Å². The SMILES string of the molecule is CCCC(C)(C)N(C)C(=O)OCc1c(-c2ccc(OC3CCCCC3)cn2)cnn1C. The number of carbonyl (C=O) groups excluding carboxylic acids is 1. The number of pyridine rings is 1. The van der Waals surface area contributed by atoms with E-state index in [-0.39, 0.29) is 18.2 Å². The molecule has 0 unspecified atom stereocenters. The molecule has 1 fully saturated rings. The van der Waals surface area contributed by atoms with Crippen LogP contribution in [-0.4, -0.2) is 44.4 Å². The maximum Gasteiger partial charge on any atom is 0.410 e. The maximum atomic E-state index is 12.6. The Balaban J connectivity index is 1.65. The first-order chi connectivity index (χ1) is 14.8. The number of rotatable bonds is 8. The average molecular weight is 429 g/mol. The Kier molecular flexibility index (Phi) is 7.57. The third kappa shape index (κ3) is 5.77. The Morgan fingerprint density at radius 2 is 1.97 bits per heavy atom. The van der Waals surface area contributed by atoms with Gasteiger partial charge in [-0.1, -0.05) is 19.8 Å². The molecule has 2 aromatic heterocycles. The lowest BCUT2D eigenvalue weighted by Gasteiger charge is -2.34. The molecule has 0 bridgehead atoms. The Morgan fingerprint density at radius 1 is 1.23 bits per heavy atom. The van der Waals surface area contributed by atoms with Crippen molar-refractivity contribution < 1.29 is 14.3 Å². The molecule has 2 aromatic rings. The number of hydrogen-bond donors (Lipinski definition) is 0. The molecule has 7 nitrogen and oxygen atoms in total. The maximum absolute atomic E-state index is 12.6. The third-order valence-corrected chi connectivity index (χ3v) is 6.30. The van der Waals surface area contributed by atoms with Gasteiger partial charge < -0.3 is 14.4 Å². The van der Waals surface area contributed by atoms with Gasteiger partial charge in [0.2, 0.25) is 0 Å². The number of aryl methyl sites for hydroxylation is 1. The number of aromatic nitrogens is 3. The summed E-state index contributed by atoms with van der Waals surface area (Å²) in [4.78, 5) is 18.8. The molecule has 7 heteroatoms. The van der Waals surface area contributed by atoms with E-state index in [2.05, 4.69) is 17.0 Å². The van der Waals surface area contributed by atoms with Gasteiger partial charge in [0.05, 0.1) is 29.9 Å². The average Bonchev–Trinajstić information content (AvgIpc) is 3.13. The predicted molar refractivity (Wildman–Crippen MR) is 121 cm³/mol. The fourth-order valence-corrected chi connectivity index (χ4v) is 4.09. The van der Waals surface area contributed by atoms with Gasteiger partial charge in [0, 0.05) is 25.2 Å². The van der Waals surface area contributed by atoms with Crippen LogP contribution in [0.2, 0.25) is 0 Å². The second-order valence-electron chi connectivity index (χ2n) is 9.06. The molecule has 0 spiro atoms. The first-order valence-electron chi connectivity index (χ1n) is 11.4. The summed E-state index contributed by atoms with van der Waals surface area (Å²) in [6.07, 6.45) is 11.4. The van der Waals surface area contributed by atoms with Crippen LogP contribution in [0.4, 0.5) is 4.79 Å². The third-order valence-electron chi connectivity index (χ3n) is 6.30. The van der Waals surface area contributed by atoms with E-state index in [0.29, 0.717) is 6.10 Å². The molecule has 1 aliphatic rings. The van der Waals surface area contributed by atoms with E-state index in [1.54, 1.807) is 29.0 Å².